The highest BCUT2D eigenvalue weighted by molar-refractivity contribution is 6.06. The van der Waals surface area contributed by atoms with Crippen LogP contribution in [0.1, 0.15) is 19.6 Å². The van der Waals surface area contributed by atoms with Gasteiger partial charge in [0.2, 0.25) is 5.75 Å². The van der Waals surface area contributed by atoms with Crippen molar-refractivity contribution in [2.24, 2.45) is 0 Å². The number of aromatic hydroxyl groups is 1. The van der Waals surface area contributed by atoms with Crippen molar-refractivity contribution in [3.63, 3.8) is 0 Å². The molecule has 134 valence electrons. The quantitative estimate of drug-likeness (QED) is 0.628. The third-order valence-corrected chi connectivity index (χ3v) is 3.82. The number of fused-ring (bicyclic) bond motifs is 2. The molecule has 0 aliphatic carbocycles. The van der Waals surface area contributed by atoms with Gasteiger partial charge in [0.05, 0.1) is 11.6 Å². The van der Waals surface area contributed by atoms with Gasteiger partial charge in [0, 0.05) is 18.7 Å². The summed E-state index contributed by atoms with van der Waals surface area (Å²) in [6, 6.07) is 3.09. The van der Waals surface area contributed by atoms with Gasteiger partial charge in [0.25, 0.3) is 0 Å². The maximum atomic E-state index is 12.2. The Hall–Kier alpha value is -2.51. The van der Waals surface area contributed by atoms with Crippen LogP contribution in [0.15, 0.2) is 32.0 Å². The molecule has 0 radical (unpaired) electrons. The van der Waals surface area contributed by atoms with E-state index < -0.39 is 6.10 Å². The molecular weight excluding hydrogens is 326 g/mol. The second-order valence-corrected chi connectivity index (χ2v) is 6.29. The van der Waals surface area contributed by atoms with Crippen molar-refractivity contribution >= 4 is 21.9 Å². The minimum absolute atomic E-state index is 0.0208. The van der Waals surface area contributed by atoms with Crippen molar-refractivity contribution in [3.8, 4) is 11.5 Å². The molecule has 0 saturated carbocycles. The molecule has 0 aliphatic heterocycles. The first-order valence-corrected chi connectivity index (χ1v) is 8.09. The van der Waals surface area contributed by atoms with Gasteiger partial charge in [-0.05, 0) is 13.0 Å². The fourth-order valence-electron chi connectivity index (χ4n) is 2.65. The number of rotatable bonds is 6. The topological polar surface area (TPSA) is 105 Å². The Labute approximate surface area is 143 Å². The van der Waals surface area contributed by atoms with Gasteiger partial charge in [0.1, 0.15) is 29.6 Å². The lowest BCUT2D eigenvalue weighted by atomic mass is 10.1. The van der Waals surface area contributed by atoms with Gasteiger partial charge in [-0.1, -0.05) is 13.8 Å². The predicted octanol–water partition coefficient (Wildman–Crippen LogP) is 2.29. The number of nitrogens with one attached hydrogen (secondary N) is 1. The molecule has 0 saturated heterocycles. The average molecular weight is 347 g/mol. The number of furan rings is 1. The smallest absolute Gasteiger partial charge is 0.206 e. The van der Waals surface area contributed by atoms with Gasteiger partial charge >= 0.3 is 0 Å². The average Bonchev–Trinajstić information content (AvgIpc) is 2.94. The maximum Gasteiger partial charge on any atom is 0.206 e. The molecule has 2 heterocycles. The second-order valence-electron chi connectivity index (χ2n) is 6.29. The van der Waals surface area contributed by atoms with E-state index in [0.29, 0.717) is 17.7 Å². The first kappa shape index (κ1) is 17.3. The van der Waals surface area contributed by atoms with Gasteiger partial charge in [0.15, 0.2) is 16.6 Å². The first-order valence-electron chi connectivity index (χ1n) is 8.09. The van der Waals surface area contributed by atoms with Crippen molar-refractivity contribution < 1.29 is 23.8 Å². The largest absolute Gasteiger partial charge is 0.506 e. The minimum Gasteiger partial charge on any atom is -0.506 e. The molecule has 0 bridgehead atoms. The lowest BCUT2D eigenvalue weighted by molar-refractivity contribution is 0.105. The molecule has 0 aliphatic rings. The predicted molar refractivity (Wildman–Crippen MR) is 93.3 cm³/mol. The zero-order chi connectivity index (χ0) is 18.1. The van der Waals surface area contributed by atoms with Gasteiger partial charge in [-0.3, -0.25) is 4.79 Å². The summed E-state index contributed by atoms with van der Waals surface area (Å²) in [7, 11) is 0. The molecule has 7 heteroatoms. The Kier molecular flexibility index (Phi) is 4.69. The van der Waals surface area contributed by atoms with E-state index in [0.717, 1.165) is 0 Å². The SMILES string of the molecule is Cc1cc2c(O)c3c(=O)ccoc3c(OCC(O)CNC(C)C)c2o1. The van der Waals surface area contributed by atoms with Crippen molar-refractivity contribution in [2.45, 2.75) is 32.9 Å². The zero-order valence-corrected chi connectivity index (χ0v) is 14.3. The molecular formula is C18H21NO6. The Balaban J connectivity index is 2.04. The van der Waals surface area contributed by atoms with Gasteiger partial charge < -0.3 is 29.1 Å². The van der Waals surface area contributed by atoms with Crippen molar-refractivity contribution in [1.29, 1.82) is 0 Å². The summed E-state index contributed by atoms with van der Waals surface area (Å²) >= 11 is 0. The normalized spacial score (nSPS) is 13.0. The van der Waals surface area contributed by atoms with Gasteiger partial charge in [-0.15, -0.1) is 0 Å². The third-order valence-electron chi connectivity index (χ3n) is 3.82. The van der Waals surface area contributed by atoms with Crippen molar-refractivity contribution in [2.75, 3.05) is 13.2 Å². The fourth-order valence-corrected chi connectivity index (χ4v) is 2.65. The molecule has 2 aromatic heterocycles. The number of aliphatic hydroxyl groups excluding tert-OH is 1. The van der Waals surface area contributed by atoms with Crippen LogP contribution in [0.3, 0.4) is 0 Å². The van der Waals surface area contributed by atoms with E-state index in [1.165, 1.54) is 12.3 Å². The summed E-state index contributed by atoms with van der Waals surface area (Å²) in [4.78, 5) is 12.2. The monoisotopic (exact) mass is 347 g/mol. The fraction of sp³-hybridized carbons (Fsp3) is 0.389. The highest BCUT2D eigenvalue weighted by Gasteiger charge is 2.22. The summed E-state index contributed by atoms with van der Waals surface area (Å²) < 4.78 is 16.7. The molecule has 1 atom stereocenters. The molecule has 0 amide bonds. The van der Waals surface area contributed by atoms with Crippen LogP contribution in [0.25, 0.3) is 21.9 Å². The summed E-state index contributed by atoms with van der Waals surface area (Å²) in [6.45, 7) is 6.02. The molecule has 3 aromatic rings. The highest BCUT2D eigenvalue weighted by Crippen LogP contribution is 2.42. The van der Waals surface area contributed by atoms with E-state index in [4.69, 9.17) is 13.6 Å². The number of aryl methyl sites for hydroxylation is 1. The summed E-state index contributed by atoms with van der Waals surface area (Å²) in [6.07, 6.45) is 0.475. The van der Waals surface area contributed by atoms with E-state index in [1.807, 2.05) is 13.8 Å². The Morgan fingerprint density at radius 2 is 2.08 bits per heavy atom. The van der Waals surface area contributed by atoms with Crippen molar-refractivity contribution in [3.05, 3.63) is 34.4 Å². The molecule has 1 unspecified atom stereocenters. The number of phenolic OH excluding ortho intramolecular Hbond substituents is 1. The van der Waals surface area contributed by atoms with Gasteiger partial charge in [-0.25, -0.2) is 0 Å². The van der Waals surface area contributed by atoms with Crippen LogP contribution in [0.2, 0.25) is 0 Å². The van der Waals surface area contributed by atoms with E-state index >= 15 is 0 Å². The van der Waals surface area contributed by atoms with E-state index in [-0.39, 0.29) is 46.1 Å². The van der Waals surface area contributed by atoms with E-state index in [1.54, 1.807) is 13.0 Å². The van der Waals surface area contributed by atoms with Crippen LogP contribution < -0.4 is 15.5 Å². The van der Waals surface area contributed by atoms with Crippen LogP contribution in [-0.4, -0.2) is 35.5 Å². The Morgan fingerprint density at radius 1 is 1.32 bits per heavy atom. The number of benzene rings is 1. The Bertz CT molecular complexity index is 955. The lowest BCUT2D eigenvalue weighted by Gasteiger charge is -2.16. The standard InChI is InChI=1S/C18H21NO6/c1-9(2)19-7-11(20)8-24-18-16-12(6-10(3)25-16)15(22)14-13(21)4-5-23-17(14)18/h4-6,9,11,19-20,22H,7-8H2,1-3H3. The minimum atomic E-state index is -0.757. The van der Waals surface area contributed by atoms with E-state index in [9.17, 15) is 15.0 Å². The van der Waals surface area contributed by atoms with Gasteiger partial charge in [-0.2, -0.15) is 0 Å². The molecule has 3 rings (SSSR count). The first-order chi connectivity index (χ1) is 11.9. The number of phenols is 1. The lowest BCUT2D eigenvalue weighted by Crippen LogP contribution is -2.35. The molecule has 0 fully saturated rings. The number of aliphatic hydroxyl groups is 1. The molecule has 1 aromatic carbocycles. The summed E-state index contributed by atoms with van der Waals surface area (Å²) in [5.74, 6) is 0.544. The van der Waals surface area contributed by atoms with Crippen LogP contribution in [0.4, 0.5) is 0 Å². The number of hydrogen-bond acceptors (Lipinski definition) is 7. The maximum absolute atomic E-state index is 12.2. The molecule has 3 N–H and O–H groups in total. The number of hydrogen-bond donors (Lipinski definition) is 3. The number of ether oxygens (including phenoxy) is 1. The van der Waals surface area contributed by atoms with Crippen LogP contribution in [0, 0.1) is 6.92 Å². The second kappa shape index (κ2) is 6.78. The summed E-state index contributed by atoms with van der Waals surface area (Å²) in [5, 5.41) is 24.0. The molecule has 0 spiro atoms. The molecule has 25 heavy (non-hydrogen) atoms. The zero-order valence-electron chi connectivity index (χ0n) is 14.3. The van der Waals surface area contributed by atoms with Crippen molar-refractivity contribution in [1.82, 2.24) is 5.32 Å². The molecule has 7 nitrogen and oxygen atoms in total. The summed E-state index contributed by atoms with van der Waals surface area (Å²) in [5.41, 5.74) is -0.0110. The van der Waals surface area contributed by atoms with E-state index in [2.05, 4.69) is 5.32 Å². The third kappa shape index (κ3) is 3.33. The highest BCUT2D eigenvalue weighted by atomic mass is 16.5. The van der Waals surface area contributed by atoms with Crippen LogP contribution in [-0.2, 0) is 0 Å². The van der Waals surface area contributed by atoms with Crippen LogP contribution in [0.5, 0.6) is 11.5 Å². The Morgan fingerprint density at radius 3 is 2.80 bits per heavy atom. The van der Waals surface area contributed by atoms with Crippen LogP contribution >= 0.6 is 0 Å².